The zero-order valence-corrected chi connectivity index (χ0v) is 7.45. The maximum Gasteiger partial charge on any atom is 0.335 e. The molecule has 4 nitrogen and oxygen atoms in total. The maximum absolute atomic E-state index is 13.4. The molecule has 1 heterocycles. The summed E-state index contributed by atoms with van der Waals surface area (Å²) in [5.74, 6) is -1.95. The number of aromatic nitrogens is 1. The average Bonchev–Trinajstić information content (AvgIpc) is 2.18. The van der Waals surface area contributed by atoms with Crippen LogP contribution in [0.2, 0.25) is 0 Å². The highest BCUT2D eigenvalue weighted by Crippen LogP contribution is 2.16. The Morgan fingerprint density at radius 2 is 2.07 bits per heavy atom. The van der Waals surface area contributed by atoms with Gasteiger partial charge in [0.2, 0.25) is 5.56 Å². The van der Waals surface area contributed by atoms with Gasteiger partial charge >= 0.3 is 5.97 Å². The first kappa shape index (κ1) is 9.39. The number of H-pyrrole nitrogens is 1. The fourth-order valence-electron chi connectivity index (χ4n) is 1.35. The molecule has 0 saturated heterocycles. The van der Waals surface area contributed by atoms with E-state index in [9.17, 15) is 14.0 Å². The van der Waals surface area contributed by atoms with Crippen molar-refractivity contribution in [1.82, 2.24) is 4.98 Å². The fourth-order valence-corrected chi connectivity index (χ4v) is 1.35. The number of carbonyl (C=O) groups is 1. The minimum atomic E-state index is -1.21. The van der Waals surface area contributed by atoms with Crippen molar-refractivity contribution in [2.45, 2.75) is 0 Å². The molecule has 1 aromatic heterocycles. The molecular formula is C10H6FNO3. The van der Waals surface area contributed by atoms with E-state index in [-0.39, 0.29) is 11.1 Å². The predicted molar refractivity (Wildman–Crippen MR) is 51.5 cm³/mol. The molecule has 0 spiro atoms. The Kier molecular flexibility index (Phi) is 2.00. The zero-order chi connectivity index (χ0) is 11.0. The van der Waals surface area contributed by atoms with E-state index in [1.807, 2.05) is 0 Å². The normalized spacial score (nSPS) is 10.5. The summed E-state index contributed by atoms with van der Waals surface area (Å²) < 4.78 is 13.4. The Morgan fingerprint density at radius 1 is 1.33 bits per heavy atom. The molecule has 0 saturated carbocycles. The van der Waals surface area contributed by atoms with Gasteiger partial charge in [0.15, 0.2) is 0 Å². The zero-order valence-electron chi connectivity index (χ0n) is 7.45. The number of halogens is 1. The monoisotopic (exact) mass is 207 g/mol. The molecular weight excluding hydrogens is 201 g/mol. The van der Waals surface area contributed by atoms with Crippen LogP contribution < -0.4 is 5.56 Å². The van der Waals surface area contributed by atoms with Gasteiger partial charge in [-0.25, -0.2) is 9.18 Å². The highest BCUT2D eigenvalue weighted by atomic mass is 19.1. The van der Waals surface area contributed by atoms with Crippen molar-refractivity contribution in [3.63, 3.8) is 0 Å². The van der Waals surface area contributed by atoms with Crippen LogP contribution in [-0.2, 0) is 0 Å². The molecule has 1 aromatic carbocycles. The number of fused-ring (bicyclic) bond motifs is 1. The van der Waals surface area contributed by atoms with E-state index >= 15 is 0 Å². The molecule has 0 radical (unpaired) electrons. The van der Waals surface area contributed by atoms with E-state index in [0.29, 0.717) is 5.39 Å². The lowest BCUT2D eigenvalue weighted by atomic mass is 10.1. The van der Waals surface area contributed by atoms with Gasteiger partial charge in [0, 0.05) is 11.5 Å². The molecule has 0 unspecified atom stereocenters. The van der Waals surface area contributed by atoms with Crippen molar-refractivity contribution < 1.29 is 14.3 Å². The topological polar surface area (TPSA) is 70.2 Å². The van der Waals surface area contributed by atoms with Gasteiger partial charge in [-0.3, -0.25) is 4.79 Å². The van der Waals surface area contributed by atoms with Crippen LogP contribution >= 0.6 is 0 Å². The number of hydrogen-bond donors (Lipinski definition) is 2. The summed E-state index contributed by atoms with van der Waals surface area (Å²) in [6.07, 6.45) is 0. The molecule has 76 valence electrons. The SMILES string of the molecule is O=C(O)c1cc(F)c2[nH]c(=O)ccc2c1. The van der Waals surface area contributed by atoms with Crippen LogP contribution in [0, 0.1) is 5.82 Å². The molecule has 2 rings (SSSR count). The fraction of sp³-hybridized carbons (Fsp3) is 0. The lowest BCUT2D eigenvalue weighted by molar-refractivity contribution is 0.0696. The third kappa shape index (κ3) is 1.59. The minimum absolute atomic E-state index is 0.0208. The van der Waals surface area contributed by atoms with Gasteiger partial charge in [0.25, 0.3) is 0 Å². The number of aromatic amines is 1. The van der Waals surface area contributed by atoms with E-state index in [4.69, 9.17) is 5.11 Å². The molecule has 0 aliphatic heterocycles. The first-order valence-corrected chi connectivity index (χ1v) is 4.14. The van der Waals surface area contributed by atoms with E-state index in [1.54, 1.807) is 0 Å². The van der Waals surface area contributed by atoms with Gasteiger partial charge in [0.05, 0.1) is 11.1 Å². The van der Waals surface area contributed by atoms with E-state index in [2.05, 4.69) is 4.98 Å². The summed E-state index contributed by atoms with van der Waals surface area (Å²) in [5, 5.41) is 9.04. The summed E-state index contributed by atoms with van der Waals surface area (Å²) in [5.41, 5.74) is -0.552. The van der Waals surface area contributed by atoms with Crippen LogP contribution in [0.15, 0.2) is 29.1 Å². The summed E-state index contributed by atoms with van der Waals surface area (Å²) in [6.45, 7) is 0. The van der Waals surface area contributed by atoms with Gasteiger partial charge in [-0.2, -0.15) is 0 Å². The molecule has 5 heteroatoms. The Hall–Kier alpha value is -2.17. The summed E-state index contributed by atoms with van der Waals surface area (Å²) in [7, 11) is 0. The van der Waals surface area contributed by atoms with Gasteiger partial charge in [-0.15, -0.1) is 0 Å². The van der Waals surface area contributed by atoms with Gasteiger partial charge in [-0.05, 0) is 18.2 Å². The van der Waals surface area contributed by atoms with Gasteiger partial charge in [0.1, 0.15) is 5.82 Å². The van der Waals surface area contributed by atoms with Crippen molar-refractivity contribution in [3.8, 4) is 0 Å². The number of aromatic carboxylic acids is 1. The molecule has 2 aromatic rings. The Balaban J connectivity index is 2.84. The summed E-state index contributed by atoms with van der Waals surface area (Å²) >= 11 is 0. The van der Waals surface area contributed by atoms with Crippen LogP contribution in [0.3, 0.4) is 0 Å². The first-order chi connectivity index (χ1) is 7.08. The molecule has 0 atom stereocenters. The highest BCUT2D eigenvalue weighted by molar-refractivity contribution is 5.93. The molecule has 0 aliphatic rings. The quantitative estimate of drug-likeness (QED) is 0.741. The van der Waals surface area contributed by atoms with Crippen LogP contribution in [-0.4, -0.2) is 16.1 Å². The smallest absolute Gasteiger partial charge is 0.335 e. The number of nitrogens with one attached hydrogen (secondary N) is 1. The van der Waals surface area contributed by atoms with Crippen molar-refractivity contribution in [3.05, 3.63) is 46.0 Å². The second-order valence-corrected chi connectivity index (χ2v) is 3.05. The van der Waals surface area contributed by atoms with Crippen molar-refractivity contribution in [1.29, 1.82) is 0 Å². The summed E-state index contributed by atoms with van der Waals surface area (Å²) in [6, 6.07) is 4.77. The average molecular weight is 207 g/mol. The summed E-state index contributed by atoms with van der Waals surface area (Å²) in [4.78, 5) is 23.8. The van der Waals surface area contributed by atoms with E-state index in [1.165, 1.54) is 18.2 Å². The lowest BCUT2D eigenvalue weighted by Crippen LogP contribution is -2.05. The number of hydrogen-bond acceptors (Lipinski definition) is 2. The first-order valence-electron chi connectivity index (χ1n) is 4.14. The molecule has 0 aliphatic carbocycles. The van der Waals surface area contributed by atoms with Gasteiger partial charge in [-0.1, -0.05) is 0 Å². The number of pyridine rings is 1. The Labute approximate surface area is 83.0 Å². The molecule has 0 amide bonds. The molecule has 15 heavy (non-hydrogen) atoms. The third-order valence-electron chi connectivity index (χ3n) is 2.03. The standard InChI is InChI=1S/C10H6FNO3/c11-7-4-6(10(14)15)3-5-1-2-8(13)12-9(5)7/h1-4H,(H,12,13)(H,14,15). The van der Waals surface area contributed by atoms with Crippen LogP contribution in [0.5, 0.6) is 0 Å². The lowest BCUT2D eigenvalue weighted by Gasteiger charge is -2.00. The van der Waals surface area contributed by atoms with Crippen LogP contribution in [0.1, 0.15) is 10.4 Å². The number of benzene rings is 1. The molecule has 2 N–H and O–H groups in total. The van der Waals surface area contributed by atoms with E-state index in [0.717, 1.165) is 6.07 Å². The molecule has 0 bridgehead atoms. The van der Waals surface area contributed by atoms with E-state index < -0.39 is 17.3 Å². The van der Waals surface area contributed by atoms with Crippen LogP contribution in [0.25, 0.3) is 10.9 Å². The minimum Gasteiger partial charge on any atom is -0.478 e. The third-order valence-corrected chi connectivity index (χ3v) is 2.03. The van der Waals surface area contributed by atoms with Crippen molar-refractivity contribution in [2.75, 3.05) is 0 Å². The molecule has 0 fully saturated rings. The number of rotatable bonds is 1. The van der Waals surface area contributed by atoms with Crippen molar-refractivity contribution >= 4 is 16.9 Å². The Morgan fingerprint density at radius 3 is 2.73 bits per heavy atom. The second-order valence-electron chi connectivity index (χ2n) is 3.05. The number of carboxylic acid groups (broad SMARTS) is 1. The highest BCUT2D eigenvalue weighted by Gasteiger charge is 2.09. The number of carboxylic acids is 1. The maximum atomic E-state index is 13.4. The largest absolute Gasteiger partial charge is 0.478 e. The predicted octanol–water partition coefficient (Wildman–Crippen LogP) is 1.37. The van der Waals surface area contributed by atoms with Gasteiger partial charge < -0.3 is 10.1 Å². The second kappa shape index (κ2) is 3.20. The van der Waals surface area contributed by atoms with Crippen LogP contribution in [0.4, 0.5) is 4.39 Å². The Bertz CT molecular complexity index is 603. The van der Waals surface area contributed by atoms with Crippen molar-refractivity contribution in [2.24, 2.45) is 0 Å².